The summed E-state index contributed by atoms with van der Waals surface area (Å²) in [6.07, 6.45) is 11.4. The van der Waals surface area contributed by atoms with Crippen molar-refractivity contribution >= 4 is 18.1 Å². The Morgan fingerprint density at radius 3 is 2.35 bits per heavy atom. The van der Waals surface area contributed by atoms with Crippen LogP contribution < -0.4 is 5.32 Å². The lowest BCUT2D eigenvalue weighted by Crippen LogP contribution is -2.43. The van der Waals surface area contributed by atoms with Crippen LogP contribution >= 0.6 is 0 Å². The molecular weight excluding hydrogens is 510 g/mol. The van der Waals surface area contributed by atoms with Gasteiger partial charge in [0.2, 0.25) is 17.7 Å². The smallest absolute Gasteiger partial charge is 0.437 e. The molecule has 0 bridgehead atoms. The molecule has 1 aliphatic rings. The lowest BCUT2D eigenvalue weighted by molar-refractivity contribution is 0.0601. The fraction of sp³-hybridized carbons (Fsp3) is 0.633. The lowest BCUT2D eigenvalue weighted by Gasteiger charge is -2.21. The maximum Gasteiger partial charge on any atom is 0.437 e. The van der Waals surface area contributed by atoms with Crippen LogP contribution in [0.15, 0.2) is 33.8 Å². The molecule has 1 saturated heterocycles. The number of amides is 2. The van der Waals surface area contributed by atoms with E-state index in [0.29, 0.717) is 31.2 Å². The molecule has 10 nitrogen and oxygen atoms in total. The Kier molecular flexibility index (Phi) is 12.0. The van der Waals surface area contributed by atoms with Gasteiger partial charge in [-0.1, -0.05) is 87.7 Å². The van der Waals surface area contributed by atoms with Gasteiger partial charge >= 0.3 is 12.2 Å². The molecule has 0 spiro atoms. The van der Waals surface area contributed by atoms with E-state index in [9.17, 15) is 14.7 Å². The highest BCUT2D eigenvalue weighted by Gasteiger charge is 2.32. The number of aryl methyl sites for hydroxylation is 1. The molecule has 0 unspecified atom stereocenters. The van der Waals surface area contributed by atoms with Crippen molar-refractivity contribution in [2.24, 2.45) is 4.99 Å². The molecule has 0 aliphatic carbocycles. The van der Waals surface area contributed by atoms with E-state index >= 15 is 0 Å². The number of hydrogen-bond acceptors (Lipinski definition) is 6. The molecule has 1 atom stereocenters. The Balaban J connectivity index is 1.49. The summed E-state index contributed by atoms with van der Waals surface area (Å²) >= 11 is 0. The van der Waals surface area contributed by atoms with Gasteiger partial charge in [-0.05, 0) is 45.6 Å². The SMILES string of the molecule is CCCCCCCCCCCc1ccc(-c2noc([C@@H]3CCN(C(=NC(=O)OC(C)(C)C)NC(=O)O)C3)n2)cc1. The molecule has 1 aromatic carbocycles. The number of aromatic nitrogens is 2. The van der Waals surface area contributed by atoms with Gasteiger partial charge in [0.1, 0.15) is 5.60 Å². The summed E-state index contributed by atoms with van der Waals surface area (Å²) in [6.45, 7) is 8.25. The summed E-state index contributed by atoms with van der Waals surface area (Å²) in [6, 6.07) is 8.32. The van der Waals surface area contributed by atoms with Crippen molar-refractivity contribution in [3.8, 4) is 11.4 Å². The number of rotatable bonds is 12. The van der Waals surface area contributed by atoms with Gasteiger partial charge in [0.25, 0.3) is 0 Å². The van der Waals surface area contributed by atoms with Crippen LogP contribution in [0.1, 0.15) is 109 Å². The number of likely N-dealkylation sites (tertiary alicyclic amines) is 1. The van der Waals surface area contributed by atoms with E-state index in [1.54, 1.807) is 25.7 Å². The number of benzene rings is 1. The van der Waals surface area contributed by atoms with E-state index in [2.05, 4.69) is 39.5 Å². The van der Waals surface area contributed by atoms with Crippen LogP contribution in [-0.2, 0) is 11.2 Å². The number of carbonyl (C=O) groups excluding carboxylic acids is 1. The zero-order chi connectivity index (χ0) is 29.0. The summed E-state index contributed by atoms with van der Waals surface area (Å²) in [7, 11) is 0. The molecule has 10 heteroatoms. The number of hydrogen-bond donors (Lipinski definition) is 2. The van der Waals surface area contributed by atoms with Crippen LogP contribution in [0.3, 0.4) is 0 Å². The van der Waals surface area contributed by atoms with Gasteiger partial charge in [-0.15, -0.1) is 4.99 Å². The predicted octanol–water partition coefficient (Wildman–Crippen LogP) is 7.16. The first-order chi connectivity index (χ1) is 19.1. The first kappa shape index (κ1) is 31.1. The zero-order valence-electron chi connectivity index (χ0n) is 24.4. The van der Waals surface area contributed by atoms with Crippen molar-refractivity contribution < 1.29 is 24.0 Å². The van der Waals surface area contributed by atoms with Gasteiger partial charge in [-0.2, -0.15) is 4.98 Å². The normalized spacial score (nSPS) is 15.8. The van der Waals surface area contributed by atoms with Crippen molar-refractivity contribution in [1.29, 1.82) is 0 Å². The topological polar surface area (TPSA) is 130 Å². The fourth-order valence-electron chi connectivity index (χ4n) is 4.78. The average Bonchev–Trinajstić information content (AvgIpc) is 3.57. The number of unbranched alkanes of at least 4 members (excludes halogenated alkanes) is 8. The number of carbonyl (C=O) groups is 2. The van der Waals surface area contributed by atoms with Gasteiger partial charge in [-0.3, -0.25) is 5.32 Å². The van der Waals surface area contributed by atoms with Crippen LogP contribution in [0.2, 0.25) is 0 Å². The zero-order valence-corrected chi connectivity index (χ0v) is 24.4. The highest BCUT2D eigenvalue weighted by Crippen LogP contribution is 2.28. The molecule has 0 radical (unpaired) electrons. The second-order valence-corrected chi connectivity index (χ2v) is 11.5. The number of nitrogens with one attached hydrogen (secondary N) is 1. The summed E-state index contributed by atoms with van der Waals surface area (Å²) < 4.78 is 10.8. The molecule has 2 heterocycles. The van der Waals surface area contributed by atoms with Crippen molar-refractivity contribution in [2.75, 3.05) is 13.1 Å². The Labute approximate surface area is 237 Å². The number of carboxylic acid groups (broad SMARTS) is 1. The first-order valence-corrected chi connectivity index (χ1v) is 14.6. The minimum Gasteiger partial charge on any atom is -0.465 e. The van der Waals surface area contributed by atoms with Crippen LogP contribution in [0.4, 0.5) is 9.59 Å². The third-order valence-corrected chi connectivity index (χ3v) is 6.87. The van der Waals surface area contributed by atoms with E-state index < -0.39 is 17.8 Å². The lowest BCUT2D eigenvalue weighted by atomic mass is 10.0. The maximum atomic E-state index is 12.2. The van der Waals surface area contributed by atoms with E-state index in [4.69, 9.17) is 9.26 Å². The molecule has 3 rings (SSSR count). The van der Waals surface area contributed by atoms with Gasteiger partial charge in [0.15, 0.2) is 0 Å². The number of nitrogens with zero attached hydrogens (tertiary/aromatic N) is 4. The van der Waals surface area contributed by atoms with Crippen LogP contribution in [-0.4, -0.2) is 57.0 Å². The Hall–Kier alpha value is -3.43. The second-order valence-electron chi connectivity index (χ2n) is 11.5. The van der Waals surface area contributed by atoms with Crippen molar-refractivity contribution in [2.45, 2.75) is 110 Å². The van der Waals surface area contributed by atoms with Gasteiger partial charge in [0.05, 0.1) is 5.92 Å². The summed E-state index contributed by atoms with van der Waals surface area (Å²) in [5.41, 5.74) is 1.46. The summed E-state index contributed by atoms with van der Waals surface area (Å²) in [5.74, 6) is 0.802. The number of guanidine groups is 1. The third kappa shape index (κ3) is 10.6. The Morgan fingerprint density at radius 1 is 1.07 bits per heavy atom. The van der Waals surface area contributed by atoms with E-state index in [1.165, 1.54) is 63.4 Å². The maximum absolute atomic E-state index is 12.2. The van der Waals surface area contributed by atoms with Crippen LogP contribution in [0.5, 0.6) is 0 Å². The molecule has 220 valence electrons. The molecule has 2 aromatic rings. The molecule has 1 aromatic heterocycles. The largest absolute Gasteiger partial charge is 0.465 e. The molecule has 1 fully saturated rings. The van der Waals surface area contributed by atoms with E-state index in [1.807, 2.05) is 12.1 Å². The highest BCUT2D eigenvalue weighted by molar-refractivity contribution is 5.98. The molecular formula is C30H45N5O5. The molecule has 2 N–H and O–H groups in total. The summed E-state index contributed by atoms with van der Waals surface area (Å²) in [5, 5.41) is 15.6. The van der Waals surface area contributed by atoms with Gasteiger partial charge in [-0.25, -0.2) is 9.59 Å². The molecule has 40 heavy (non-hydrogen) atoms. The second kappa shape index (κ2) is 15.4. The molecule has 2 amide bonds. The fourth-order valence-corrected chi connectivity index (χ4v) is 4.78. The Bertz CT molecular complexity index is 1110. The summed E-state index contributed by atoms with van der Waals surface area (Å²) in [4.78, 5) is 33.6. The van der Waals surface area contributed by atoms with E-state index in [0.717, 1.165) is 12.0 Å². The minimum absolute atomic E-state index is 0.0773. The standard InChI is InChI=1S/C30H45N5O5/c1-5-6-7-8-9-10-11-12-13-14-22-15-17-23(18-16-22)25-31-26(40-34-25)24-19-20-35(21-24)27(32-28(36)37)33-29(38)39-30(2,3)4/h15-18,24H,5-14,19-21H2,1-4H3,(H,36,37)(H,32,33,38)/t24-/m1/s1. The monoisotopic (exact) mass is 555 g/mol. The highest BCUT2D eigenvalue weighted by atomic mass is 16.6. The van der Waals surface area contributed by atoms with Crippen molar-refractivity contribution in [3.63, 3.8) is 0 Å². The van der Waals surface area contributed by atoms with E-state index in [-0.39, 0.29) is 11.9 Å². The number of aliphatic imine (C=N–C) groups is 1. The quantitative estimate of drug-likeness (QED) is 0.160. The van der Waals surface area contributed by atoms with Crippen molar-refractivity contribution in [1.82, 2.24) is 20.4 Å². The molecule has 1 aliphatic heterocycles. The predicted molar refractivity (Wildman–Crippen MR) is 154 cm³/mol. The molecule has 0 saturated carbocycles. The first-order valence-electron chi connectivity index (χ1n) is 14.6. The Morgan fingerprint density at radius 2 is 1.73 bits per heavy atom. The third-order valence-electron chi connectivity index (χ3n) is 6.87. The van der Waals surface area contributed by atoms with Crippen LogP contribution in [0, 0.1) is 0 Å². The number of ether oxygens (including phenoxy) is 1. The van der Waals surface area contributed by atoms with Gasteiger partial charge in [0, 0.05) is 18.7 Å². The van der Waals surface area contributed by atoms with Crippen molar-refractivity contribution in [3.05, 3.63) is 35.7 Å². The average molecular weight is 556 g/mol. The minimum atomic E-state index is -1.31. The van der Waals surface area contributed by atoms with Gasteiger partial charge < -0.3 is 19.3 Å². The van der Waals surface area contributed by atoms with Crippen LogP contribution in [0.25, 0.3) is 11.4 Å².